The van der Waals surface area contributed by atoms with E-state index in [0.717, 1.165) is 25.1 Å². The van der Waals surface area contributed by atoms with E-state index in [1.807, 2.05) is 0 Å². The minimum absolute atomic E-state index is 0.0326. The molecule has 2 heterocycles. The molecule has 1 aromatic heterocycles. The van der Waals surface area contributed by atoms with Gasteiger partial charge in [0.1, 0.15) is 11.3 Å². The number of hydrogen-bond acceptors (Lipinski definition) is 5. The molecule has 1 amide bonds. The van der Waals surface area contributed by atoms with E-state index in [1.54, 1.807) is 4.90 Å². The second-order valence-electron chi connectivity index (χ2n) is 4.44. The lowest BCUT2D eigenvalue weighted by Crippen LogP contribution is -2.45. The number of carbonyl (C=O) groups is 1. The maximum Gasteiger partial charge on any atom is 0.288 e. The minimum Gasteiger partial charge on any atom is -0.337 e. The summed E-state index contributed by atoms with van der Waals surface area (Å²) in [5, 5.41) is 10.7. The first-order valence-electron chi connectivity index (χ1n) is 5.84. The fourth-order valence-electron chi connectivity index (χ4n) is 2.05. The summed E-state index contributed by atoms with van der Waals surface area (Å²) in [5.41, 5.74) is 5.60. The van der Waals surface area contributed by atoms with Gasteiger partial charge in [-0.05, 0) is 12.8 Å². The molecule has 0 aliphatic carbocycles. The Morgan fingerprint density at radius 2 is 2.37 bits per heavy atom. The van der Waals surface area contributed by atoms with Crippen LogP contribution in [0.1, 0.15) is 23.2 Å². The number of nitro groups is 1. The Balaban J connectivity index is 2.27. The molecule has 2 rings (SSSR count). The van der Waals surface area contributed by atoms with Gasteiger partial charge in [-0.15, -0.1) is 0 Å². The van der Waals surface area contributed by atoms with Crippen LogP contribution in [-0.2, 0) is 0 Å². The third-order valence-electron chi connectivity index (χ3n) is 3.01. The number of piperidine rings is 1. The Hall–Kier alpha value is -1.73. The van der Waals surface area contributed by atoms with Crippen LogP contribution < -0.4 is 5.73 Å². The molecule has 0 bridgehead atoms. The largest absolute Gasteiger partial charge is 0.337 e. The number of rotatable bonds is 2. The molecule has 102 valence electrons. The normalized spacial score (nSPS) is 19.3. The minimum atomic E-state index is -0.609. The van der Waals surface area contributed by atoms with Crippen LogP contribution in [0.2, 0.25) is 5.15 Å². The third kappa shape index (κ3) is 2.99. The fraction of sp³-hybridized carbons (Fsp3) is 0.455. The molecule has 1 saturated heterocycles. The highest BCUT2D eigenvalue weighted by molar-refractivity contribution is 6.32. The van der Waals surface area contributed by atoms with Gasteiger partial charge < -0.3 is 10.6 Å². The molecule has 0 radical (unpaired) electrons. The summed E-state index contributed by atoms with van der Waals surface area (Å²) in [6, 6.07) is 1.08. The lowest BCUT2D eigenvalue weighted by molar-refractivity contribution is -0.385. The number of pyridine rings is 1. The lowest BCUT2D eigenvalue weighted by Gasteiger charge is -2.30. The van der Waals surface area contributed by atoms with E-state index in [4.69, 9.17) is 17.3 Å². The van der Waals surface area contributed by atoms with Crippen molar-refractivity contribution in [1.29, 1.82) is 0 Å². The molecule has 1 fully saturated rings. The summed E-state index contributed by atoms with van der Waals surface area (Å²) in [6.45, 7) is 1.00. The number of likely N-dealkylation sites (tertiary alicyclic amines) is 1. The second-order valence-corrected chi connectivity index (χ2v) is 4.80. The van der Waals surface area contributed by atoms with Gasteiger partial charge in [0.05, 0.1) is 10.5 Å². The van der Waals surface area contributed by atoms with Crippen LogP contribution in [0.3, 0.4) is 0 Å². The van der Waals surface area contributed by atoms with Crippen molar-refractivity contribution in [2.75, 3.05) is 13.1 Å². The monoisotopic (exact) mass is 284 g/mol. The Morgan fingerprint density at radius 3 is 3.00 bits per heavy atom. The summed E-state index contributed by atoms with van der Waals surface area (Å²) < 4.78 is 0. The molecule has 2 N–H and O–H groups in total. The molecule has 1 aliphatic heterocycles. The summed E-state index contributed by atoms with van der Waals surface area (Å²) >= 11 is 5.84. The van der Waals surface area contributed by atoms with Gasteiger partial charge in [0, 0.05) is 25.2 Å². The van der Waals surface area contributed by atoms with E-state index in [0.29, 0.717) is 13.1 Å². The molecule has 0 spiro atoms. The summed E-state index contributed by atoms with van der Waals surface area (Å²) in [5.74, 6) is -0.364. The summed E-state index contributed by atoms with van der Waals surface area (Å²) in [7, 11) is 0. The Bertz CT molecular complexity index is 523. The van der Waals surface area contributed by atoms with Crippen LogP contribution in [0.25, 0.3) is 0 Å². The molecule has 0 saturated carbocycles. The zero-order valence-electron chi connectivity index (χ0n) is 10.1. The predicted molar refractivity (Wildman–Crippen MR) is 69.0 cm³/mol. The number of halogens is 1. The zero-order valence-corrected chi connectivity index (χ0v) is 10.8. The van der Waals surface area contributed by atoms with Gasteiger partial charge in [0.2, 0.25) is 0 Å². The smallest absolute Gasteiger partial charge is 0.288 e. The van der Waals surface area contributed by atoms with Crippen molar-refractivity contribution in [3.63, 3.8) is 0 Å². The zero-order chi connectivity index (χ0) is 14.0. The van der Waals surface area contributed by atoms with Crippen molar-refractivity contribution in [3.8, 4) is 0 Å². The standard InChI is InChI=1S/C11H13ClN4O3/c12-10-9(4-8(5-14-10)16(18)19)11(17)15-3-1-2-7(13)6-15/h4-5,7H,1-3,6,13H2/t7-/m1/s1. The molecule has 1 atom stereocenters. The predicted octanol–water partition coefficient (Wildman–Crippen LogP) is 1.21. The van der Waals surface area contributed by atoms with Gasteiger partial charge in [-0.25, -0.2) is 4.98 Å². The number of aromatic nitrogens is 1. The molecule has 0 unspecified atom stereocenters. The first kappa shape index (κ1) is 13.7. The van der Waals surface area contributed by atoms with Gasteiger partial charge in [-0.2, -0.15) is 0 Å². The highest BCUT2D eigenvalue weighted by Crippen LogP contribution is 2.22. The summed E-state index contributed by atoms with van der Waals surface area (Å²) in [4.78, 5) is 27.6. The van der Waals surface area contributed by atoms with Crippen LogP contribution >= 0.6 is 11.6 Å². The molecule has 0 aromatic carbocycles. The molecule has 1 aromatic rings. The van der Waals surface area contributed by atoms with E-state index in [-0.39, 0.29) is 28.4 Å². The van der Waals surface area contributed by atoms with E-state index in [1.165, 1.54) is 0 Å². The maximum absolute atomic E-state index is 12.3. The van der Waals surface area contributed by atoms with Crippen LogP contribution in [0, 0.1) is 10.1 Å². The van der Waals surface area contributed by atoms with Gasteiger partial charge >= 0.3 is 0 Å². The van der Waals surface area contributed by atoms with Crippen LogP contribution in [0.4, 0.5) is 5.69 Å². The fourth-order valence-corrected chi connectivity index (χ4v) is 2.24. The molecule has 1 aliphatic rings. The van der Waals surface area contributed by atoms with Gasteiger partial charge in [-0.3, -0.25) is 14.9 Å². The number of hydrogen-bond donors (Lipinski definition) is 1. The number of nitrogens with zero attached hydrogens (tertiary/aromatic N) is 3. The molecular formula is C11H13ClN4O3. The Kier molecular flexibility index (Phi) is 3.96. The maximum atomic E-state index is 12.3. The SMILES string of the molecule is N[C@@H]1CCCN(C(=O)c2cc([N+](=O)[O-])cnc2Cl)C1. The quantitative estimate of drug-likeness (QED) is 0.499. The highest BCUT2D eigenvalue weighted by atomic mass is 35.5. The second kappa shape index (κ2) is 5.50. The Morgan fingerprint density at radius 1 is 1.63 bits per heavy atom. The van der Waals surface area contributed by atoms with Gasteiger partial charge in [0.25, 0.3) is 11.6 Å². The van der Waals surface area contributed by atoms with Gasteiger partial charge in [-0.1, -0.05) is 11.6 Å². The summed E-state index contributed by atoms with van der Waals surface area (Å²) in [6.07, 6.45) is 2.71. The van der Waals surface area contributed by atoms with Crippen LogP contribution in [0.15, 0.2) is 12.3 Å². The number of carbonyl (C=O) groups excluding carboxylic acids is 1. The van der Waals surface area contributed by atoms with Gasteiger partial charge in [0.15, 0.2) is 0 Å². The lowest BCUT2D eigenvalue weighted by atomic mass is 10.1. The highest BCUT2D eigenvalue weighted by Gasteiger charge is 2.25. The van der Waals surface area contributed by atoms with Crippen molar-refractivity contribution in [2.45, 2.75) is 18.9 Å². The first-order valence-corrected chi connectivity index (χ1v) is 6.21. The molecular weight excluding hydrogens is 272 g/mol. The van der Waals surface area contributed by atoms with Crippen molar-refractivity contribution in [3.05, 3.63) is 33.1 Å². The topological polar surface area (TPSA) is 102 Å². The third-order valence-corrected chi connectivity index (χ3v) is 3.31. The van der Waals surface area contributed by atoms with Crippen molar-refractivity contribution >= 4 is 23.2 Å². The first-order chi connectivity index (χ1) is 8.99. The average Bonchev–Trinajstić information content (AvgIpc) is 2.38. The van der Waals surface area contributed by atoms with Crippen molar-refractivity contribution in [1.82, 2.24) is 9.88 Å². The Labute approximate surface area is 114 Å². The molecule has 19 heavy (non-hydrogen) atoms. The van der Waals surface area contributed by atoms with Crippen molar-refractivity contribution in [2.24, 2.45) is 5.73 Å². The van der Waals surface area contributed by atoms with E-state index >= 15 is 0 Å². The number of nitrogens with two attached hydrogens (primary N) is 1. The molecule has 8 heteroatoms. The van der Waals surface area contributed by atoms with E-state index in [9.17, 15) is 14.9 Å². The number of amides is 1. The van der Waals surface area contributed by atoms with E-state index in [2.05, 4.69) is 4.98 Å². The molecule has 7 nitrogen and oxygen atoms in total. The van der Waals surface area contributed by atoms with E-state index < -0.39 is 4.92 Å². The van der Waals surface area contributed by atoms with Crippen LogP contribution in [0.5, 0.6) is 0 Å². The van der Waals surface area contributed by atoms with Crippen LogP contribution in [-0.4, -0.2) is 39.8 Å². The average molecular weight is 285 g/mol. The van der Waals surface area contributed by atoms with Crippen molar-refractivity contribution < 1.29 is 9.72 Å².